The van der Waals surface area contributed by atoms with Gasteiger partial charge in [0.2, 0.25) is 5.95 Å². The van der Waals surface area contributed by atoms with E-state index in [0.29, 0.717) is 15.7 Å². The second kappa shape index (κ2) is 3.81. The van der Waals surface area contributed by atoms with Crippen LogP contribution in [0.2, 0.25) is 5.02 Å². The molecule has 90 valence electrons. The third-order valence-electron chi connectivity index (χ3n) is 2.24. The van der Waals surface area contributed by atoms with Gasteiger partial charge in [-0.2, -0.15) is 9.98 Å². The van der Waals surface area contributed by atoms with Gasteiger partial charge >= 0.3 is 0 Å². The summed E-state index contributed by atoms with van der Waals surface area (Å²) in [5.41, 5.74) is 0. The standard InChI is InChI=1S/C10H6ClN5O2/c11-4-1-2-5-6(3-4)13-9(12-5)16-10-14-7(17)8(18)15-10/h1-3,17-18H,(H,14,15)/b16-9-. The predicted octanol–water partition coefficient (Wildman–Crippen LogP) is 0.415. The molecule has 0 atom stereocenters. The van der Waals surface area contributed by atoms with Gasteiger partial charge in [0.05, 0.1) is 10.7 Å². The molecule has 0 radical (unpaired) electrons. The minimum atomic E-state index is -0.520. The lowest BCUT2D eigenvalue weighted by atomic mass is 10.3. The van der Waals surface area contributed by atoms with Crippen LogP contribution in [-0.4, -0.2) is 26.1 Å². The lowest BCUT2D eigenvalue weighted by Crippen LogP contribution is -2.20. The zero-order valence-corrected chi connectivity index (χ0v) is 9.55. The van der Waals surface area contributed by atoms with Gasteiger partial charge in [0.25, 0.3) is 17.7 Å². The van der Waals surface area contributed by atoms with Crippen LogP contribution in [0.25, 0.3) is 0 Å². The van der Waals surface area contributed by atoms with Crippen LogP contribution in [-0.2, 0) is 0 Å². The molecule has 0 spiro atoms. The molecule has 1 aromatic heterocycles. The molecule has 1 aliphatic rings. The van der Waals surface area contributed by atoms with E-state index in [0.717, 1.165) is 0 Å². The fraction of sp³-hybridized carbons (Fsp3) is 0. The maximum atomic E-state index is 9.11. The first-order chi connectivity index (χ1) is 8.61. The normalized spacial score (nSPS) is 15.3. The second-order valence-electron chi connectivity index (χ2n) is 3.50. The predicted molar refractivity (Wildman–Crippen MR) is 62.8 cm³/mol. The summed E-state index contributed by atoms with van der Waals surface area (Å²) in [6, 6.07) is 5.09. The fourth-order valence-corrected chi connectivity index (χ4v) is 1.63. The quantitative estimate of drug-likeness (QED) is 0.694. The Morgan fingerprint density at radius 2 is 1.94 bits per heavy atom. The molecule has 1 aromatic carbocycles. The van der Waals surface area contributed by atoms with Crippen LogP contribution in [0.3, 0.4) is 0 Å². The van der Waals surface area contributed by atoms with E-state index in [4.69, 9.17) is 21.8 Å². The van der Waals surface area contributed by atoms with Crippen LogP contribution in [0.5, 0.6) is 11.8 Å². The molecule has 0 fully saturated rings. The van der Waals surface area contributed by atoms with E-state index in [1.54, 1.807) is 18.2 Å². The van der Waals surface area contributed by atoms with Crippen LogP contribution >= 0.6 is 11.6 Å². The van der Waals surface area contributed by atoms with Crippen molar-refractivity contribution in [2.45, 2.75) is 0 Å². The Morgan fingerprint density at radius 1 is 1.17 bits per heavy atom. The lowest BCUT2D eigenvalue weighted by molar-refractivity contribution is 0.386. The molecule has 3 rings (SSSR count). The SMILES string of the molecule is Oc1nc(/N=C2/N=c3ccc(Cl)cc3=N2)[nH]c1O. The molecular weight excluding hydrogens is 258 g/mol. The first-order valence-corrected chi connectivity index (χ1v) is 5.29. The van der Waals surface area contributed by atoms with Crippen molar-refractivity contribution in [3.63, 3.8) is 0 Å². The Bertz CT molecular complexity index is 761. The number of aliphatic imine (C=N–C) groups is 1. The molecule has 7 nitrogen and oxygen atoms in total. The number of fused-ring (bicyclic) bond motifs is 1. The Morgan fingerprint density at radius 3 is 2.67 bits per heavy atom. The second-order valence-corrected chi connectivity index (χ2v) is 3.94. The number of halogens is 1. The number of aromatic hydroxyl groups is 2. The number of imidazole rings is 1. The summed E-state index contributed by atoms with van der Waals surface area (Å²) in [7, 11) is 0. The zero-order chi connectivity index (χ0) is 12.7. The molecule has 2 aromatic rings. The van der Waals surface area contributed by atoms with Crippen LogP contribution in [0.1, 0.15) is 0 Å². The van der Waals surface area contributed by atoms with Gasteiger partial charge in [-0.05, 0) is 18.2 Å². The smallest absolute Gasteiger partial charge is 0.276 e. The molecule has 0 amide bonds. The van der Waals surface area contributed by atoms with Crippen molar-refractivity contribution in [2.24, 2.45) is 15.0 Å². The third kappa shape index (κ3) is 1.80. The highest BCUT2D eigenvalue weighted by atomic mass is 35.5. The Hall–Kier alpha value is -2.41. The number of hydrogen-bond donors (Lipinski definition) is 3. The molecular formula is C10H6ClN5O2. The summed E-state index contributed by atoms with van der Waals surface area (Å²) in [6.07, 6.45) is 0. The van der Waals surface area contributed by atoms with Gasteiger partial charge in [0.15, 0.2) is 0 Å². The molecule has 0 bridgehead atoms. The Labute approximate surface area is 105 Å². The highest BCUT2D eigenvalue weighted by Gasteiger charge is 2.09. The number of nitrogens with zero attached hydrogens (tertiary/aromatic N) is 4. The highest BCUT2D eigenvalue weighted by Crippen LogP contribution is 2.24. The van der Waals surface area contributed by atoms with Gasteiger partial charge in [0.1, 0.15) is 0 Å². The zero-order valence-electron chi connectivity index (χ0n) is 8.79. The molecule has 0 aliphatic carbocycles. The van der Waals surface area contributed by atoms with Gasteiger partial charge in [-0.1, -0.05) is 11.6 Å². The third-order valence-corrected chi connectivity index (χ3v) is 2.47. The number of aromatic nitrogens is 2. The van der Waals surface area contributed by atoms with Crippen molar-refractivity contribution in [1.29, 1.82) is 0 Å². The van der Waals surface area contributed by atoms with Gasteiger partial charge in [-0.25, -0.2) is 9.98 Å². The largest absolute Gasteiger partial charge is 0.491 e. The van der Waals surface area contributed by atoms with E-state index in [1.807, 2.05) is 0 Å². The van der Waals surface area contributed by atoms with Crippen molar-refractivity contribution in [3.05, 3.63) is 33.9 Å². The summed E-state index contributed by atoms with van der Waals surface area (Å²) < 4.78 is 0. The average Bonchev–Trinajstić information content (AvgIpc) is 2.82. The van der Waals surface area contributed by atoms with E-state index in [1.165, 1.54) is 0 Å². The van der Waals surface area contributed by atoms with Gasteiger partial charge in [-0.15, -0.1) is 0 Å². The maximum absolute atomic E-state index is 9.11. The number of aromatic amines is 1. The van der Waals surface area contributed by atoms with E-state index in [2.05, 4.69) is 24.9 Å². The number of rotatable bonds is 1. The molecule has 1 aliphatic heterocycles. The van der Waals surface area contributed by atoms with Crippen molar-refractivity contribution < 1.29 is 10.2 Å². The number of H-pyrrole nitrogens is 1. The van der Waals surface area contributed by atoms with Crippen LogP contribution in [0.15, 0.2) is 33.2 Å². The van der Waals surface area contributed by atoms with Crippen LogP contribution < -0.4 is 10.7 Å². The summed E-state index contributed by atoms with van der Waals surface area (Å²) in [4.78, 5) is 18.1. The number of hydrogen-bond acceptors (Lipinski definition) is 4. The molecule has 0 unspecified atom stereocenters. The summed E-state index contributed by atoms with van der Waals surface area (Å²) >= 11 is 5.83. The molecule has 0 saturated heterocycles. The monoisotopic (exact) mass is 263 g/mol. The van der Waals surface area contributed by atoms with E-state index < -0.39 is 11.8 Å². The van der Waals surface area contributed by atoms with Crippen molar-refractivity contribution in [3.8, 4) is 11.8 Å². The number of guanidine groups is 1. The first-order valence-electron chi connectivity index (χ1n) is 4.91. The van der Waals surface area contributed by atoms with Crippen LogP contribution in [0, 0.1) is 0 Å². The molecule has 3 N–H and O–H groups in total. The van der Waals surface area contributed by atoms with Crippen molar-refractivity contribution in [2.75, 3.05) is 0 Å². The van der Waals surface area contributed by atoms with Gasteiger partial charge < -0.3 is 10.2 Å². The minimum absolute atomic E-state index is 0.0198. The molecule has 2 heterocycles. The van der Waals surface area contributed by atoms with E-state index in [-0.39, 0.29) is 11.9 Å². The molecule has 0 saturated carbocycles. The maximum Gasteiger partial charge on any atom is 0.276 e. The van der Waals surface area contributed by atoms with Crippen LogP contribution in [0.4, 0.5) is 5.95 Å². The fourth-order valence-electron chi connectivity index (χ4n) is 1.46. The topological polar surface area (TPSA) is 106 Å². The Kier molecular flexibility index (Phi) is 2.27. The summed E-state index contributed by atoms with van der Waals surface area (Å²) in [6.45, 7) is 0. The summed E-state index contributed by atoms with van der Waals surface area (Å²) in [5, 5.41) is 20.0. The van der Waals surface area contributed by atoms with Crippen molar-refractivity contribution >= 4 is 23.5 Å². The molecule has 8 heteroatoms. The van der Waals surface area contributed by atoms with E-state index >= 15 is 0 Å². The average molecular weight is 264 g/mol. The number of benzene rings is 1. The van der Waals surface area contributed by atoms with Gasteiger partial charge in [0, 0.05) is 5.02 Å². The van der Waals surface area contributed by atoms with Crippen molar-refractivity contribution in [1.82, 2.24) is 9.97 Å². The lowest BCUT2D eigenvalue weighted by Gasteiger charge is -1.84. The minimum Gasteiger partial charge on any atom is -0.491 e. The van der Waals surface area contributed by atoms with Gasteiger partial charge in [-0.3, -0.25) is 4.98 Å². The molecule has 18 heavy (non-hydrogen) atoms. The first kappa shape index (κ1) is 10.7. The van der Waals surface area contributed by atoms with E-state index in [9.17, 15) is 0 Å². The number of nitrogens with one attached hydrogen (secondary N) is 1. The Balaban J connectivity index is 2.06. The highest BCUT2D eigenvalue weighted by molar-refractivity contribution is 6.30. The summed E-state index contributed by atoms with van der Waals surface area (Å²) in [5.74, 6) is -0.784.